The molecular formula is C14H17F5O. The highest BCUT2D eigenvalue weighted by atomic mass is 19.4. The maximum absolute atomic E-state index is 13.2. The van der Waals surface area contributed by atoms with Crippen LogP contribution in [0.25, 0.3) is 0 Å². The fourth-order valence-electron chi connectivity index (χ4n) is 2.00. The van der Waals surface area contributed by atoms with E-state index in [1.54, 1.807) is 18.2 Å². The SMILES string of the molecule is COC(CC(F)(F)C(F)(F)F)c1ccccc1C(C)C. The van der Waals surface area contributed by atoms with Crippen LogP contribution in [0, 0.1) is 0 Å². The van der Waals surface area contributed by atoms with Crippen LogP contribution < -0.4 is 0 Å². The molecule has 0 fully saturated rings. The third kappa shape index (κ3) is 3.69. The Kier molecular flexibility index (Phi) is 5.13. The lowest BCUT2D eigenvalue weighted by Crippen LogP contribution is -2.38. The highest BCUT2D eigenvalue weighted by Crippen LogP contribution is 2.43. The van der Waals surface area contributed by atoms with Gasteiger partial charge in [0, 0.05) is 7.11 Å². The maximum atomic E-state index is 13.2. The van der Waals surface area contributed by atoms with Gasteiger partial charge in [-0.25, -0.2) is 0 Å². The Morgan fingerprint density at radius 3 is 1.90 bits per heavy atom. The fourth-order valence-corrected chi connectivity index (χ4v) is 2.00. The second-order valence-corrected chi connectivity index (χ2v) is 4.91. The minimum Gasteiger partial charge on any atom is -0.377 e. The van der Waals surface area contributed by atoms with Crippen molar-refractivity contribution in [2.45, 2.75) is 44.4 Å². The van der Waals surface area contributed by atoms with Crippen molar-refractivity contribution in [3.8, 4) is 0 Å². The average Bonchev–Trinajstić information content (AvgIpc) is 2.34. The number of halogens is 5. The maximum Gasteiger partial charge on any atom is 0.453 e. The number of benzene rings is 1. The first-order chi connectivity index (χ1) is 9.10. The molecule has 1 rings (SSSR count). The zero-order valence-electron chi connectivity index (χ0n) is 11.5. The number of methoxy groups -OCH3 is 1. The highest BCUT2D eigenvalue weighted by molar-refractivity contribution is 5.32. The van der Waals surface area contributed by atoms with E-state index in [9.17, 15) is 22.0 Å². The topological polar surface area (TPSA) is 9.23 Å². The van der Waals surface area contributed by atoms with Gasteiger partial charge in [-0.05, 0) is 17.0 Å². The lowest BCUT2D eigenvalue weighted by atomic mass is 9.91. The molecule has 1 unspecified atom stereocenters. The molecule has 6 heteroatoms. The van der Waals surface area contributed by atoms with E-state index < -0.39 is 24.6 Å². The molecule has 1 nitrogen and oxygen atoms in total. The number of alkyl halides is 5. The summed E-state index contributed by atoms with van der Waals surface area (Å²) in [4.78, 5) is 0. The summed E-state index contributed by atoms with van der Waals surface area (Å²) in [6.45, 7) is 3.68. The van der Waals surface area contributed by atoms with Crippen LogP contribution in [0.1, 0.15) is 43.4 Å². The molecule has 0 aliphatic rings. The molecule has 0 aromatic heterocycles. The number of hydrogen-bond acceptors (Lipinski definition) is 1. The van der Waals surface area contributed by atoms with Gasteiger partial charge in [-0.3, -0.25) is 0 Å². The van der Waals surface area contributed by atoms with Crippen LogP contribution in [-0.4, -0.2) is 19.2 Å². The average molecular weight is 296 g/mol. The Bertz CT molecular complexity index is 439. The molecule has 114 valence electrons. The zero-order chi connectivity index (χ0) is 15.6. The van der Waals surface area contributed by atoms with Crippen molar-refractivity contribution < 1.29 is 26.7 Å². The molecule has 0 amide bonds. The Balaban J connectivity index is 3.10. The van der Waals surface area contributed by atoms with Crippen molar-refractivity contribution in [3.63, 3.8) is 0 Å². The van der Waals surface area contributed by atoms with Crippen LogP contribution in [0.2, 0.25) is 0 Å². The van der Waals surface area contributed by atoms with Gasteiger partial charge >= 0.3 is 12.1 Å². The standard InChI is InChI=1S/C14H17F5O/c1-9(2)10-6-4-5-7-11(10)12(20-3)8-13(15,16)14(17,18)19/h4-7,9,12H,8H2,1-3H3. The van der Waals surface area contributed by atoms with E-state index in [0.717, 1.165) is 7.11 Å². The highest BCUT2D eigenvalue weighted by Gasteiger charge is 2.58. The molecule has 0 radical (unpaired) electrons. The smallest absolute Gasteiger partial charge is 0.377 e. The fraction of sp³-hybridized carbons (Fsp3) is 0.571. The van der Waals surface area contributed by atoms with Crippen LogP contribution in [0.4, 0.5) is 22.0 Å². The van der Waals surface area contributed by atoms with Crippen molar-refractivity contribution in [1.82, 2.24) is 0 Å². The predicted molar refractivity (Wildman–Crippen MR) is 65.9 cm³/mol. The predicted octanol–water partition coefficient (Wildman–Crippen LogP) is 5.09. The van der Waals surface area contributed by atoms with Gasteiger partial charge in [-0.1, -0.05) is 38.1 Å². The molecule has 20 heavy (non-hydrogen) atoms. The summed E-state index contributed by atoms with van der Waals surface area (Å²) in [5, 5.41) is 0. The van der Waals surface area contributed by atoms with Crippen molar-refractivity contribution >= 4 is 0 Å². The van der Waals surface area contributed by atoms with Crippen LogP contribution in [-0.2, 0) is 4.74 Å². The van der Waals surface area contributed by atoms with Gasteiger partial charge in [0.2, 0.25) is 0 Å². The molecule has 1 aromatic carbocycles. The molecule has 1 atom stereocenters. The molecule has 0 saturated carbocycles. The van der Waals surface area contributed by atoms with Gasteiger partial charge in [-0.15, -0.1) is 0 Å². The minimum atomic E-state index is -5.57. The third-order valence-electron chi connectivity index (χ3n) is 3.11. The summed E-state index contributed by atoms with van der Waals surface area (Å²) >= 11 is 0. The first kappa shape index (κ1) is 16.9. The Morgan fingerprint density at radius 2 is 1.50 bits per heavy atom. The Hall–Kier alpha value is -1.17. The van der Waals surface area contributed by atoms with Gasteiger partial charge in [-0.2, -0.15) is 22.0 Å². The lowest BCUT2D eigenvalue weighted by Gasteiger charge is -2.26. The van der Waals surface area contributed by atoms with E-state index in [2.05, 4.69) is 0 Å². The van der Waals surface area contributed by atoms with Gasteiger partial charge in [0.05, 0.1) is 12.5 Å². The molecule has 0 bridgehead atoms. The summed E-state index contributed by atoms with van der Waals surface area (Å²) in [6.07, 6.45) is -8.29. The Morgan fingerprint density at radius 1 is 1.00 bits per heavy atom. The summed E-state index contributed by atoms with van der Waals surface area (Å²) in [5.41, 5.74) is 1.08. The van der Waals surface area contributed by atoms with Crippen molar-refractivity contribution in [1.29, 1.82) is 0 Å². The second-order valence-electron chi connectivity index (χ2n) is 4.91. The number of hydrogen-bond donors (Lipinski definition) is 0. The van der Waals surface area contributed by atoms with Gasteiger partial charge in [0.1, 0.15) is 0 Å². The number of rotatable bonds is 5. The molecule has 0 N–H and O–H groups in total. The van der Waals surface area contributed by atoms with Gasteiger partial charge in [0.15, 0.2) is 0 Å². The molecule has 0 heterocycles. The zero-order valence-corrected chi connectivity index (χ0v) is 11.5. The largest absolute Gasteiger partial charge is 0.453 e. The van der Waals surface area contributed by atoms with Gasteiger partial charge < -0.3 is 4.74 Å². The first-order valence-corrected chi connectivity index (χ1v) is 6.16. The van der Waals surface area contributed by atoms with Crippen LogP contribution in [0.15, 0.2) is 24.3 Å². The van der Waals surface area contributed by atoms with Crippen molar-refractivity contribution in [2.75, 3.05) is 7.11 Å². The van der Waals surface area contributed by atoms with Crippen LogP contribution in [0.3, 0.4) is 0 Å². The Labute approximate surface area is 114 Å². The monoisotopic (exact) mass is 296 g/mol. The van der Waals surface area contributed by atoms with Crippen LogP contribution in [0.5, 0.6) is 0 Å². The molecule has 0 saturated heterocycles. The minimum absolute atomic E-state index is 0.00311. The first-order valence-electron chi connectivity index (χ1n) is 6.16. The van der Waals surface area contributed by atoms with E-state index in [0.29, 0.717) is 11.1 Å². The molecule has 0 aliphatic carbocycles. The van der Waals surface area contributed by atoms with E-state index in [4.69, 9.17) is 4.74 Å². The molecule has 0 aliphatic heterocycles. The summed E-state index contributed by atoms with van der Waals surface area (Å²) in [5.74, 6) is -4.78. The quantitative estimate of drug-likeness (QED) is 0.688. The van der Waals surface area contributed by atoms with E-state index in [1.165, 1.54) is 6.07 Å². The van der Waals surface area contributed by atoms with Gasteiger partial charge in [0.25, 0.3) is 0 Å². The van der Waals surface area contributed by atoms with Crippen molar-refractivity contribution in [3.05, 3.63) is 35.4 Å². The third-order valence-corrected chi connectivity index (χ3v) is 3.11. The summed E-state index contributed by atoms with van der Waals surface area (Å²) in [6, 6.07) is 6.54. The second kappa shape index (κ2) is 6.08. The van der Waals surface area contributed by atoms with Crippen molar-refractivity contribution in [2.24, 2.45) is 0 Å². The number of ether oxygens (including phenoxy) is 1. The molecule has 1 aromatic rings. The summed E-state index contributed by atoms with van der Waals surface area (Å²) in [7, 11) is 1.13. The molecule has 0 spiro atoms. The molecular weight excluding hydrogens is 279 g/mol. The summed E-state index contributed by atoms with van der Waals surface area (Å²) < 4.78 is 68.1. The lowest BCUT2D eigenvalue weighted by molar-refractivity contribution is -0.291. The normalized spacial score (nSPS) is 14.7. The van der Waals surface area contributed by atoms with E-state index in [-0.39, 0.29) is 5.92 Å². The van der Waals surface area contributed by atoms with E-state index in [1.807, 2.05) is 13.8 Å². The van der Waals surface area contributed by atoms with E-state index >= 15 is 0 Å². The van der Waals surface area contributed by atoms with Crippen LogP contribution >= 0.6 is 0 Å².